The zero-order chi connectivity index (χ0) is 17.9. The normalized spacial score (nSPS) is 18.2. The summed E-state index contributed by atoms with van der Waals surface area (Å²) in [6.07, 6.45) is 2.46. The van der Waals surface area contributed by atoms with E-state index >= 15 is 0 Å². The maximum absolute atomic E-state index is 12.9. The van der Waals surface area contributed by atoms with Gasteiger partial charge in [0.15, 0.2) is 9.84 Å². The second kappa shape index (κ2) is 7.42. The first kappa shape index (κ1) is 17.7. The molecule has 1 aliphatic rings. The minimum absolute atomic E-state index is 0.101. The van der Waals surface area contributed by atoms with E-state index in [2.05, 4.69) is 0 Å². The standard InChI is InChI=1S/C19H18ClNO3S/c20-16-7-4-8-17(13-16)21(18-11-12-25(23,24)14-18)19(22)10-9-15-5-2-1-3-6-15/h1-8,11-13,18H,9-10,14H2/t18-/m0/s1. The van der Waals surface area contributed by atoms with Crippen LogP contribution in [0.1, 0.15) is 12.0 Å². The molecule has 0 fully saturated rings. The molecule has 6 heteroatoms. The van der Waals surface area contributed by atoms with Crippen LogP contribution in [0.3, 0.4) is 0 Å². The van der Waals surface area contributed by atoms with Gasteiger partial charge in [0.25, 0.3) is 0 Å². The summed E-state index contributed by atoms with van der Waals surface area (Å²) in [6.45, 7) is 0. The first-order chi connectivity index (χ1) is 11.9. The van der Waals surface area contributed by atoms with Gasteiger partial charge in [0.2, 0.25) is 5.91 Å². The van der Waals surface area contributed by atoms with Crippen LogP contribution in [0.15, 0.2) is 66.1 Å². The highest BCUT2D eigenvalue weighted by molar-refractivity contribution is 7.94. The molecule has 1 heterocycles. The van der Waals surface area contributed by atoms with Gasteiger partial charge in [0.1, 0.15) is 0 Å². The number of halogens is 1. The fourth-order valence-electron chi connectivity index (χ4n) is 2.88. The lowest BCUT2D eigenvalue weighted by Gasteiger charge is -2.28. The van der Waals surface area contributed by atoms with E-state index in [0.717, 1.165) is 5.56 Å². The fourth-order valence-corrected chi connectivity index (χ4v) is 4.34. The van der Waals surface area contributed by atoms with Crippen LogP contribution in [0.25, 0.3) is 0 Å². The van der Waals surface area contributed by atoms with Crippen molar-refractivity contribution < 1.29 is 13.2 Å². The molecular formula is C19H18ClNO3S. The smallest absolute Gasteiger partial charge is 0.227 e. The Morgan fingerprint density at radius 1 is 1.12 bits per heavy atom. The minimum Gasteiger partial charge on any atom is -0.304 e. The number of rotatable bonds is 5. The molecule has 2 aromatic rings. The van der Waals surface area contributed by atoms with Crippen molar-refractivity contribution in [3.8, 4) is 0 Å². The van der Waals surface area contributed by atoms with E-state index in [1.807, 2.05) is 30.3 Å². The third-order valence-corrected chi connectivity index (χ3v) is 5.68. The minimum atomic E-state index is -3.27. The quantitative estimate of drug-likeness (QED) is 0.802. The van der Waals surface area contributed by atoms with Crippen LogP contribution in [0, 0.1) is 0 Å². The fraction of sp³-hybridized carbons (Fsp3) is 0.211. The van der Waals surface area contributed by atoms with Gasteiger partial charge in [-0.05, 0) is 36.3 Å². The van der Waals surface area contributed by atoms with Gasteiger partial charge in [0, 0.05) is 22.5 Å². The molecule has 1 amide bonds. The third-order valence-electron chi connectivity index (χ3n) is 4.07. The molecule has 130 valence electrons. The summed E-state index contributed by atoms with van der Waals surface area (Å²) in [6, 6.07) is 16.1. The lowest BCUT2D eigenvalue weighted by Crippen LogP contribution is -2.41. The van der Waals surface area contributed by atoms with E-state index in [0.29, 0.717) is 23.6 Å². The van der Waals surface area contributed by atoms with Crippen molar-refractivity contribution in [3.63, 3.8) is 0 Å². The monoisotopic (exact) mass is 375 g/mol. The van der Waals surface area contributed by atoms with Crippen LogP contribution >= 0.6 is 11.6 Å². The van der Waals surface area contributed by atoms with Gasteiger partial charge in [-0.25, -0.2) is 8.42 Å². The number of nitrogens with zero attached hydrogens (tertiary/aromatic N) is 1. The molecule has 3 rings (SSSR count). The summed E-state index contributed by atoms with van der Waals surface area (Å²) in [5.41, 5.74) is 1.67. The summed E-state index contributed by atoms with van der Waals surface area (Å²) in [7, 11) is -3.27. The Morgan fingerprint density at radius 3 is 2.52 bits per heavy atom. The van der Waals surface area contributed by atoms with Crippen molar-refractivity contribution in [1.29, 1.82) is 0 Å². The highest BCUT2D eigenvalue weighted by Crippen LogP contribution is 2.26. The first-order valence-corrected chi connectivity index (χ1v) is 10.1. The summed E-state index contributed by atoms with van der Waals surface area (Å²) in [4.78, 5) is 14.4. The molecular weight excluding hydrogens is 358 g/mol. The van der Waals surface area contributed by atoms with Gasteiger partial charge < -0.3 is 4.90 Å². The van der Waals surface area contributed by atoms with Crippen molar-refractivity contribution in [2.24, 2.45) is 0 Å². The van der Waals surface area contributed by atoms with Crippen LogP contribution in [0.2, 0.25) is 5.02 Å². The zero-order valence-electron chi connectivity index (χ0n) is 13.5. The van der Waals surface area contributed by atoms with Gasteiger partial charge in [-0.3, -0.25) is 4.79 Å². The zero-order valence-corrected chi connectivity index (χ0v) is 15.1. The van der Waals surface area contributed by atoms with Crippen LogP contribution < -0.4 is 4.90 Å². The highest BCUT2D eigenvalue weighted by Gasteiger charge is 2.31. The predicted octanol–water partition coefficient (Wildman–Crippen LogP) is 3.62. The number of carbonyl (C=O) groups is 1. The Hall–Kier alpha value is -2.11. The largest absolute Gasteiger partial charge is 0.304 e. The summed E-state index contributed by atoms with van der Waals surface area (Å²) in [5.74, 6) is -0.228. The number of sulfone groups is 1. The number of hydrogen-bond acceptors (Lipinski definition) is 3. The Labute approximate surface area is 152 Å². The van der Waals surface area contributed by atoms with Crippen LogP contribution in [0.4, 0.5) is 5.69 Å². The number of aryl methyl sites for hydroxylation is 1. The van der Waals surface area contributed by atoms with Crippen molar-refractivity contribution in [2.45, 2.75) is 18.9 Å². The Kier molecular flexibility index (Phi) is 5.25. The molecule has 0 spiro atoms. The molecule has 25 heavy (non-hydrogen) atoms. The maximum Gasteiger partial charge on any atom is 0.227 e. The van der Waals surface area contributed by atoms with E-state index in [4.69, 9.17) is 11.6 Å². The van der Waals surface area contributed by atoms with Gasteiger partial charge >= 0.3 is 0 Å². The lowest BCUT2D eigenvalue weighted by atomic mass is 10.1. The molecule has 0 saturated carbocycles. The molecule has 0 radical (unpaired) electrons. The number of amides is 1. The van der Waals surface area contributed by atoms with Gasteiger partial charge in [-0.1, -0.05) is 48.0 Å². The number of benzene rings is 2. The van der Waals surface area contributed by atoms with E-state index in [-0.39, 0.29) is 11.7 Å². The molecule has 0 N–H and O–H groups in total. The van der Waals surface area contributed by atoms with E-state index in [9.17, 15) is 13.2 Å². The Balaban J connectivity index is 1.83. The van der Waals surface area contributed by atoms with Crippen molar-refractivity contribution in [1.82, 2.24) is 0 Å². The van der Waals surface area contributed by atoms with Crippen molar-refractivity contribution in [2.75, 3.05) is 10.7 Å². The van der Waals surface area contributed by atoms with E-state index in [1.54, 1.807) is 30.3 Å². The molecule has 1 atom stereocenters. The van der Waals surface area contributed by atoms with Gasteiger partial charge in [-0.2, -0.15) is 0 Å². The molecule has 0 saturated heterocycles. The number of anilines is 1. The van der Waals surface area contributed by atoms with Gasteiger partial charge in [0.05, 0.1) is 11.8 Å². The number of hydrogen-bond donors (Lipinski definition) is 0. The summed E-state index contributed by atoms with van der Waals surface area (Å²) < 4.78 is 23.6. The van der Waals surface area contributed by atoms with Gasteiger partial charge in [-0.15, -0.1) is 0 Å². The lowest BCUT2D eigenvalue weighted by molar-refractivity contribution is -0.118. The topological polar surface area (TPSA) is 54.5 Å². The Morgan fingerprint density at radius 2 is 1.88 bits per heavy atom. The summed E-state index contributed by atoms with van der Waals surface area (Å²) in [5, 5.41) is 1.68. The van der Waals surface area contributed by atoms with E-state index < -0.39 is 15.9 Å². The molecule has 4 nitrogen and oxygen atoms in total. The second-order valence-corrected chi connectivity index (χ2v) is 8.32. The van der Waals surface area contributed by atoms with Crippen LogP contribution in [-0.4, -0.2) is 26.1 Å². The Bertz CT molecular complexity index is 894. The average molecular weight is 376 g/mol. The first-order valence-electron chi connectivity index (χ1n) is 7.97. The second-order valence-electron chi connectivity index (χ2n) is 5.95. The predicted molar refractivity (Wildman–Crippen MR) is 100 cm³/mol. The average Bonchev–Trinajstić information content (AvgIpc) is 2.94. The molecule has 0 bridgehead atoms. The highest BCUT2D eigenvalue weighted by atomic mass is 35.5. The third kappa shape index (κ3) is 4.50. The molecule has 0 unspecified atom stereocenters. The SMILES string of the molecule is O=C(CCc1ccccc1)N(c1cccc(Cl)c1)[C@H]1C=CS(=O)(=O)C1. The van der Waals surface area contributed by atoms with E-state index in [1.165, 1.54) is 10.3 Å². The summed E-state index contributed by atoms with van der Waals surface area (Å²) >= 11 is 6.06. The molecule has 1 aliphatic heterocycles. The molecule has 0 aromatic heterocycles. The molecule has 2 aromatic carbocycles. The maximum atomic E-state index is 12.9. The van der Waals surface area contributed by atoms with Crippen LogP contribution in [0.5, 0.6) is 0 Å². The molecule has 0 aliphatic carbocycles. The van der Waals surface area contributed by atoms with Crippen molar-refractivity contribution >= 4 is 33.0 Å². The van der Waals surface area contributed by atoms with Crippen LogP contribution in [-0.2, 0) is 21.1 Å². The number of carbonyl (C=O) groups excluding carboxylic acids is 1. The van der Waals surface area contributed by atoms with Crippen molar-refractivity contribution in [3.05, 3.63) is 76.7 Å².